The standard InChI is InChI=1S/C20H22ClN3O6S/c1-13(25)22-18-12-19(29-2)16(11-17(18)21)20(26)23-14-3-5-15(6-4-14)31(27,28)24-7-9-30-10-8-24/h3-6,11-12H,7-10H2,1-2H3,(H,22,25)(H,23,26). The van der Waals surface area contributed by atoms with E-state index in [0.29, 0.717) is 37.7 Å². The molecule has 1 fully saturated rings. The molecule has 0 spiro atoms. The molecule has 2 amide bonds. The molecular weight excluding hydrogens is 446 g/mol. The summed E-state index contributed by atoms with van der Waals surface area (Å²) in [4.78, 5) is 24.1. The number of benzene rings is 2. The van der Waals surface area contributed by atoms with Crippen LogP contribution < -0.4 is 15.4 Å². The number of carbonyl (C=O) groups is 2. The van der Waals surface area contributed by atoms with Crippen LogP contribution in [0.1, 0.15) is 17.3 Å². The number of ether oxygens (including phenoxy) is 2. The van der Waals surface area contributed by atoms with Gasteiger partial charge in [0.05, 0.1) is 41.5 Å². The number of hydrogen-bond donors (Lipinski definition) is 2. The molecule has 0 unspecified atom stereocenters. The highest BCUT2D eigenvalue weighted by Gasteiger charge is 2.26. The smallest absolute Gasteiger partial charge is 0.259 e. The normalized spacial score (nSPS) is 14.7. The number of halogens is 1. The van der Waals surface area contributed by atoms with Gasteiger partial charge in [0, 0.05) is 31.8 Å². The molecule has 0 atom stereocenters. The van der Waals surface area contributed by atoms with Crippen LogP contribution in [-0.2, 0) is 19.6 Å². The molecule has 0 aromatic heterocycles. The topological polar surface area (TPSA) is 114 Å². The number of anilines is 2. The van der Waals surface area contributed by atoms with Crippen LogP contribution in [0, 0.1) is 0 Å². The van der Waals surface area contributed by atoms with Crippen molar-refractivity contribution < 1.29 is 27.5 Å². The first-order valence-electron chi connectivity index (χ1n) is 9.37. The number of rotatable bonds is 6. The zero-order valence-corrected chi connectivity index (χ0v) is 18.5. The van der Waals surface area contributed by atoms with Gasteiger partial charge in [0.1, 0.15) is 5.75 Å². The Balaban J connectivity index is 1.78. The predicted octanol–water partition coefficient (Wildman–Crippen LogP) is 2.58. The van der Waals surface area contributed by atoms with E-state index in [0.717, 1.165) is 0 Å². The molecule has 1 saturated heterocycles. The molecule has 0 bridgehead atoms. The number of morpholine rings is 1. The van der Waals surface area contributed by atoms with Crippen molar-refractivity contribution in [3.05, 3.63) is 47.0 Å². The Hall–Kier alpha value is -2.66. The lowest BCUT2D eigenvalue weighted by Crippen LogP contribution is -2.40. The molecule has 1 aliphatic heterocycles. The number of hydrogen-bond acceptors (Lipinski definition) is 6. The molecule has 1 aliphatic rings. The van der Waals surface area contributed by atoms with Gasteiger partial charge in [0.15, 0.2) is 0 Å². The van der Waals surface area contributed by atoms with E-state index in [-0.39, 0.29) is 27.1 Å². The first kappa shape index (κ1) is 23.0. The molecule has 9 nitrogen and oxygen atoms in total. The first-order valence-corrected chi connectivity index (χ1v) is 11.2. The highest BCUT2D eigenvalue weighted by Crippen LogP contribution is 2.31. The molecule has 0 radical (unpaired) electrons. The minimum atomic E-state index is -3.62. The van der Waals surface area contributed by atoms with Crippen molar-refractivity contribution >= 4 is 44.8 Å². The third kappa shape index (κ3) is 5.34. The van der Waals surface area contributed by atoms with Crippen LogP contribution in [0.4, 0.5) is 11.4 Å². The third-order valence-corrected chi connectivity index (χ3v) is 6.79. The predicted molar refractivity (Wildman–Crippen MR) is 116 cm³/mol. The quantitative estimate of drug-likeness (QED) is 0.675. The summed E-state index contributed by atoms with van der Waals surface area (Å²) in [5, 5.41) is 5.42. The van der Waals surface area contributed by atoms with Gasteiger partial charge in [-0.15, -0.1) is 0 Å². The Morgan fingerprint density at radius 2 is 1.74 bits per heavy atom. The van der Waals surface area contributed by atoms with Crippen molar-refractivity contribution in [1.29, 1.82) is 0 Å². The van der Waals surface area contributed by atoms with Crippen molar-refractivity contribution in [3.8, 4) is 5.75 Å². The summed E-state index contributed by atoms with van der Waals surface area (Å²) < 4.78 is 37.2. The molecule has 166 valence electrons. The number of carbonyl (C=O) groups excluding carboxylic acids is 2. The van der Waals surface area contributed by atoms with Gasteiger partial charge in [0.2, 0.25) is 15.9 Å². The van der Waals surface area contributed by atoms with Gasteiger partial charge < -0.3 is 20.1 Å². The molecule has 0 aliphatic carbocycles. The fourth-order valence-electron chi connectivity index (χ4n) is 3.03. The monoisotopic (exact) mass is 467 g/mol. The van der Waals surface area contributed by atoms with Gasteiger partial charge in [0.25, 0.3) is 5.91 Å². The van der Waals surface area contributed by atoms with E-state index >= 15 is 0 Å². The summed E-state index contributed by atoms with van der Waals surface area (Å²) in [5.41, 5.74) is 0.877. The zero-order valence-electron chi connectivity index (χ0n) is 17.0. The van der Waals surface area contributed by atoms with E-state index < -0.39 is 15.9 Å². The van der Waals surface area contributed by atoms with Gasteiger partial charge >= 0.3 is 0 Å². The molecule has 2 N–H and O–H groups in total. The van der Waals surface area contributed by atoms with Crippen LogP contribution in [0.5, 0.6) is 5.75 Å². The lowest BCUT2D eigenvalue weighted by Gasteiger charge is -2.26. The van der Waals surface area contributed by atoms with Crippen molar-refractivity contribution in [3.63, 3.8) is 0 Å². The first-order chi connectivity index (χ1) is 14.7. The maximum atomic E-state index is 12.7. The Morgan fingerprint density at radius 3 is 2.32 bits per heavy atom. The second kappa shape index (κ2) is 9.65. The summed E-state index contributed by atoms with van der Waals surface area (Å²) in [6.07, 6.45) is 0. The summed E-state index contributed by atoms with van der Waals surface area (Å²) in [6.45, 7) is 2.66. The number of sulfonamides is 1. The minimum absolute atomic E-state index is 0.132. The average molecular weight is 468 g/mol. The number of nitrogens with one attached hydrogen (secondary N) is 2. The van der Waals surface area contributed by atoms with Crippen molar-refractivity contribution in [2.75, 3.05) is 44.0 Å². The highest BCUT2D eigenvalue weighted by atomic mass is 35.5. The van der Waals surface area contributed by atoms with Crippen molar-refractivity contribution in [2.45, 2.75) is 11.8 Å². The summed E-state index contributed by atoms with van der Waals surface area (Å²) in [7, 11) is -2.23. The van der Waals surface area contributed by atoms with Crippen LogP contribution in [0.3, 0.4) is 0 Å². The Kier molecular flexibility index (Phi) is 7.16. The molecule has 1 heterocycles. The largest absolute Gasteiger partial charge is 0.496 e. The number of methoxy groups -OCH3 is 1. The Bertz CT molecular complexity index is 1080. The average Bonchev–Trinajstić information content (AvgIpc) is 2.75. The van der Waals surface area contributed by atoms with E-state index in [1.807, 2.05) is 0 Å². The molecule has 2 aromatic carbocycles. The molecule has 11 heteroatoms. The van der Waals surface area contributed by atoms with Crippen LogP contribution >= 0.6 is 11.6 Å². The van der Waals surface area contributed by atoms with E-state index in [9.17, 15) is 18.0 Å². The third-order valence-electron chi connectivity index (χ3n) is 4.56. The minimum Gasteiger partial charge on any atom is -0.496 e. The number of amides is 2. The molecule has 2 aromatic rings. The number of nitrogens with zero attached hydrogens (tertiary/aromatic N) is 1. The lowest BCUT2D eigenvalue weighted by atomic mass is 10.1. The fourth-order valence-corrected chi connectivity index (χ4v) is 4.65. The van der Waals surface area contributed by atoms with Gasteiger partial charge in [-0.2, -0.15) is 4.31 Å². The van der Waals surface area contributed by atoms with Gasteiger partial charge in [-0.25, -0.2) is 8.42 Å². The van der Waals surface area contributed by atoms with E-state index in [2.05, 4.69) is 10.6 Å². The maximum absolute atomic E-state index is 12.7. The highest BCUT2D eigenvalue weighted by molar-refractivity contribution is 7.89. The van der Waals surface area contributed by atoms with Crippen LogP contribution in [0.2, 0.25) is 5.02 Å². The SMILES string of the molecule is COc1cc(NC(C)=O)c(Cl)cc1C(=O)Nc1ccc(S(=O)(=O)N2CCOCC2)cc1. The zero-order chi connectivity index (χ0) is 22.6. The second-order valence-electron chi connectivity index (χ2n) is 6.71. The van der Waals surface area contributed by atoms with Crippen LogP contribution in [0.15, 0.2) is 41.3 Å². The summed E-state index contributed by atoms with van der Waals surface area (Å²) in [5.74, 6) is -0.595. The fraction of sp³-hybridized carbons (Fsp3) is 0.300. The lowest BCUT2D eigenvalue weighted by molar-refractivity contribution is -0.114. The van der Waals surface area contributed by atoms with E-state index in [1.165, 1.54) is 54.7 Å². The Morgan fingerprint density at radius 1 is 1.10 bits per heavy atom. The van der Waals surface area contributed by atoms with Crippen LogP contribution in [-0.4, -0.2) is 58.0 Å². The van der Waals surface area contributed by atoms with Crippen molar-refractivity contribution in [2.24, 2.45) is 0 Å². The maximum Gasteiger partial charge on any atom is 0.259 e. The van der Waals surface area contributed by atoms with Gasteiger partial charge in [-0.05, 0) is 30.3 Å². The van der Waals surface area contributed by atoms with Gasteiger partial charge in [-0.1, -0.05) is 11.6 Å². The summed E-state index contributed by atoms with van der Waals surface area (Å²) >= 11 is 6.16. The van der Waals surface area contributed by atoms with E-state index in [4.69, 9.17) is 21.1 Å². The van der Waals surface area contributed by atoms with Crippen molar-refractivity contribution in [1.82, 2.24) is 4.31 Å². The molecule has 31 heavy (non-hydrogen) atoms. The van der Waals surface area contributed by atoms with Gasteiger partial charge in [-0.3, -0.25) is 9.59 Å². The molecule has 0 saturated carbocycles. The molecular formula is C20H22ClN3O6S. The Labute approximate surface area is 185 Å². The second-order valence-corrected chi connectivity index (χ2v) is 9.05. The van der Waals surface area contributed by atoms with E-state index in [1.54, 1.807) is 0 Å². The summed E-state index contributed by atoms with van der Waals surface area (Å²) in [6, 6.07) is 8.72. The van der Waals surface area contributed by atoms with Crippen LogP contribution in [0.25, 0.3) is 0 Å². The molecule has 3 rings (SSSR count).